The minimum absolute atomic E-state index is 0.235. The molecule has 1 aliphatic heterocycles. The number of fused-ring (bicyclic) bond motifs is 2. The topological polar surface area (TPSA) is 89.9 Å². The summed E-state index contributed by atoms with van der Waals surface area (Å²) in [5.74, 6) is 4.12. The van der Waals surface area contributed by atoms with Crippen LogP contribution in [0.1, 0.15) is 25.0 Å². The fourth-order valence-corrected chi connectivity index (χ4v) is 4.59. The van der Waals surface area contributed by atoms with Crippen LogP contribution in [-0.2, 0) is 0 Å². The van der Waals surface area contributed by atoms with Crippen LogP contribution in [0.5, 0.6) is 11.5 Å². The molecule has 5 rings (SSSR count). The highest BCUT2D eigenvalue weighted by Crippen LogP contribution is 2.38. The number of nitrogens with two attached hydrogens (primary N) is 1. The van der Waals surface area contributed by atoms with Gasteiger partial charge in [-0.05, 0) is 38.3 Å². The zero-order chi connectivity index (χ0) is 21.5. The van der Waals surface area contributed by atoms with Gasteiger partial charge in [0.15, 0.2) is 17.4 Å². The van der Waals surface area contributed by atoms with E-state index in [9.17, 15) is 0 Å². The molecule has 3 heterocycles. The summed E-state index contributed by atoms with van der Waals surface area (Å²) in [5, 5.41) is 0.750. The zero-order valence-electron chi connectivity index (χ0n) is 18.1. The number of nitrogens with zero attached hydrogens (tertiary/aromatic N) is 4. The van der Waals surface area contributed by atoms with Crippen LogP contribution in [0.15, 0.2) is 40.5 Å². The molecule has 1 aromatic carbocycles. The third-order valence-corrected chi connectivity index (χ3v) is 6.10. The molecule has 1 unspecified atom stereocenters. The summed E-state index contributed by atoms with van der Waals surface area (Å²) in [6, 6.07) is 7.99. The van der Waals surface area contributed by atoms with Gasteiger partial charge in [0.1, 0.15) is 11.6 Å². The van der Waals surface area contributed by atoms with Crippen LogP contribution in [-0.4, -0.2) is 43.3 Å². The lowest BCUT2D eigenvalue weighted by molar-refractivity contribution is 0.356. The molecule has 2 N–H and O–H groups in total. The van der Waals surface area contributed by atoms with Gasteiger partial charge >= 0.3 is 0 Å². The number of aryl methyl sites for hydroxylation is 1. The van der Waals surface area contributed by atoms with Crippen molar-refractivity contribution in [2.45, 2.75) is 32.2 Å². The molecule has 2 aromatic heterocycles. The fourth-order valence-electron chi connectivity index (χ4n) is 4.59. The van der Waals surface area contributed by atoms with Crippen molar-refractivity contribution in [2.24, 2.45) is 0 Å². The number of nitrogen functional groups attached to an aromatic ring is 1. The van der Waals surface area contributed by atoms with E-state index >= 15 is 0 Å². The predicted octanol–water partition coefficient (Wildman–Crippen LogP) is 3.89. The third kappa shape index (κ3) is 3.32. The Morgan fingerprint density at radius 1 is 1.10 bits per heavy atom. The molecule has 0 saturated carbocycles. The monoisotopic (exact) mass is 421 g/mol. The number of benzene rings is 1. The smallest absolute Gasteiger partial charge is 0.232 e. The highest BCUT2D eigenvalue weighted by Gasteiger charge is 2.36. The Kier molecular flexibility index (Phi) is 4.84. The lowest BCUT2D eigenvalue weighted by Crippen LogP contribution is -2.53. The van der Waals surface area contributed by atoms with E-state index in [2.05, 4.69) is 26.9 Å². The SMILES string of the molecule is COc1cc2nc(N3CCN(c4ccc(C)o4)C4CCCC=C43)nc(N)c2cc1OC. The van der Waals surface area contributed by atoms with Crippen molar-refractivity contribution < 1.29 is 13.9 Å². The second-order valence-corrected chi connectivity index (χ2v) is 7.94. The molecule has 3 aromatic rings. The Labute approximate surface area is 181 Å². The van der Waals surface area contributed by atoms with Crippen molar-refractivity contribution in [2.75, 3.05) is 42.8 Å². The zero-order valence-corrected chi connectivity index (χ0v) is 18.1. The summed E-state index contributed by atoms with van der Waals surface area (Å²) in [7, 11) is 3.22. The molecule has 1 saturated heterocycles. The lowest BCUT2D eigenvalue weighted by Gasteiger charge is -2.45. The summed E-state index contributed by atoms with van der Waals surface area (Å²) >= 11 is 0. The van der Waals surface area contributed by atoms with Crippen molar-refractivity contribution in [3.05, 3.63) is 41.8 Å². The molecule has 0 radical (unpaired) electrons. The average Bonchev–Trinajstić information content (AvgIpc) is 3.23. The van der Waals surface area contributed by atoms with Gasteiger partial charge in [-0.3, -0.25) is 0 Å². The molecule has 31 heavy (non-hydrogen) atoms. The van der Waals surface area contributed by atoms with Crippen molar-refractivity contribution in [1.29, 1.82) is 0 Å². The van der Waals surface area contributed by atoms with Crippen molar-refractivity contribution >= 4 is 28.6 Å². The number of allylic oxidation sites excluding steroid dienone is 1. The van der Waals surface area contributed by atoms with Crippen LogP contribution >= 0.6 is 0 Å². The molecule has 162 valence electrons. The summed E-state index contributed by atoms with van der Waals surface area (Å²) in [6.07, 6.45) is 5.56. The molecular weight excluding hydrogens is 394 g/mol. The van der Waals surface area contributed by atoms with E-state index in [-0.39, 0.29) is 6.04 Å². The number of methoxy groups -OCH3 is 2. The van der Waals surface area contributed by atoms with E-state index in [0.29, 0.717) is 23.3 Å². The first-order valence-electron chi connectivity index (χ1n) is 10.6. The minimum Gasteiger partial charge on any atom is -0.493 e. The number of piperazine rings is 1. The Morgan fingerprint density at radius 2 is 1.90 bits per heavy atom. The maximum Gasteiger partial charge on any atom is 0.232 e. The van der Waals surface area contributed by atoms with Crippen molar-refractivity contribution in [3.63, 3.8) is 0 Å². The largest absolute Gasteiger partial charge is 0.493 e. The molecule has 0 amide bonds. The number of hydrogen-bond acceptors (Lipinski definition) is 8. The van der Waals surface area contributed by atoms with E-state index < -0.39 is 0 Å². The fraction of sp³-hybridized carbons (Fsp3) is 0.391. The van der Waals surface area contributed by atoms with Gasteiger partial charge in [-0.1, -0.05) is 6.08 Å². The predicted molar refractivity (Wildman–Crippen MR) is 121 cm³/mol. The number of rotatable bonds is 4. The van der Waals surface area contributed by atoms with E-state index in [1.54, 1.807) is 14.2 Å². The third-order valence-electron chi connectivity index (χ3n) is 6.10. The van der Waals surface area contributed by atoms with Crippen LogP contribution in [0.2, 0.25) is 0 Å². The average molecular weight is 422 g/mol. The van der Waals surface area contributed by atoms with Gasteiger partial charge in [0.2, 0.25) is 5.95 Å². The highest BCUT2D eigenvalue weighted by molar-refractivity contribution is 5.92. The van der Waals surface area contributed by atoms with Gasteiger partial charge in [0, 0.05) is 36.3 Å². The molecule has 1 atom stereocenters. The molecule has 1 fully saturated rings. The Balaban J connectivity index is 1.54. The van der Waals surface area contributed by atoms with Crippen LogP contribution in [0.3, 0.4) is 0 Å². The van der Waals surface area contributed by atoms with Crippen LogP contribution in [0.4, 0.5) is 17.7 Å². The molecule has 1 aliphatic carbocycles. The molecular formula is C23H27N5O3. The van der Waals surface area contributed by atoms with Gasteiger partial charge in [-0.15, -0.1) is 0 Å². The number of ether oxygens (including phenoxy) is 2. The van der Waals surface area contributed by atoms with E-state index in [1.165, 1.54) is 5.70 Å². The normalized spacial score (nSPS) is 18.7. The number of anilines is 3. The van der Waals surface area contributed by atoms with Gasteiger partial charge in [-0.2, -0.15) is 4.98 Å². The van der Waals surface area contributed by atoms with Crippen LogP contribution in [0, 0.1) is 6.92 Å². The minimum atomic E-state index is 0.235. The highest BCUT2D eigenvalue weighted by atomic mass is 16.5. The van der Waals surface area contributed by atoms with E-state index in [0.717, 1.165) is 54.9 Å². The quantitative estimate of drug-likeness (QED) is 0.679. The first-order chi connectivity index (χ1) is 15.1. The standard InChI is InChI=1S/C23H27N5O3/c1-14-8-9-21(31-14)27-10-11-28(18-7-5-4-6-17(18)27)23-25-16-13-20(30-3)19(29-2)12-15(16)22(24)26-23/h7-9,12-13,17H,4-6,10-11H2,1-3H3,(H2,24,25,26). The van der Waals surface area contributed by atoms with Crippen molar-refractivity contribution in [1.82, 2.24) is 9.97 Å². The van der Waals surface area contributed by atoms with Gasteiger partial charge in [0.25, 0.3) is 0 Å². The molecule has 8 nitrogen and oxygen atoms in total. The van der Waals surface area contributed by atoms with Crippen molar-refractivity contribution in [3.8, 4) is 11.5 Å². The maximum atomic E-state index is 6.35. The maximum absolute atomic E-state index is 6.35. The number of aromatic nitrogens is 2. The summed E-state index contributed by atoms with van der Waals surface area (Å²) < 4.78 is 16.8. The Bertz CT molecular complexity index is 1160. The van der Waals surface area contributed by atoms with Crippen LogP contribution in [0.25, 0.3) is 10.9 Å². The number of hydrogen-bond donors (Lipinski definition) is 1. The molecule has 2 aliphatic rings. The number of furan rings is 1. The lowest BCUT2D eigenvalue weighted by atomic mass is 9.94. The molecule has 0 spiro atoms. The van der Waals surface area contributed by atoms with Gasteiger partial charge in [0.05, 0.1) is 25.8 Å². The summed E-state index contributed by atoms with van der Waals surface area (Å²) in [5.41, 5.74) is 8.30. The first-order valence-corrected chi connectivity index (χ1v) is 10.6. The first kappa shape index (κ1) is 19.5. The summed E-state index contributed by atoms with van der Waals surface area (Å²) in [4.78, 5) is 14.1. The molecule has 8 heteroatoms. The second-order valence-electron chi connectivity index (χ2n) is 7.94. The summed E-state index contributed by atoms with van der Waals surface area (Å²) in [6.45, 7) is 3.55. The van der Waals surface area contributed by atoms with Gasteiger partial charge < -0.3 is 29.4 Å². The Hall–Kier alpha value is -3.42. The Morgan fingerprint density at radius 3 is 2.65 bits per heavy atom. The van der Waals surface area contributed by atoms with E-state index in [4.69, 9.17) is 24.6 Å². The van der Waals surface area contributed by atoms with Crippen LogP contribution < -0.4 is 25.0 Å². The van der Waals surface area contributed by atoms with Gasteiger partial charge in [-0.25, -0.2) is 4.98 Å². The van der Waals surface area contributed by atoms with E-state index in [1.807, 2.05) is 25.1 Å². The second kappa shape index (κ2) is 7.68. The molecule has 0 bridgehead atoms.